The zero-order valence-corrected chi connectivity index (χ0v) is 7.59. The van der Waals surface area contributed by atoms with Crippen molar-refractivity contribution in [3.63, 3.8) is 0 Å². The average molecular weight is 152 g/mol. The summed E-state index contributed by atoms with van der Waals surface area (Å²) in [5.41, 5.74) is 0.344. The predicted molar refractivity (Wildman–Crippen MR) is 45.1 cm³/mol. The smallest absolute Gasteiger partial charge is 0.0638 e. The molecule has 62 valence electrons. The number of nitriles is 1. The molecule has 0 amide bonds. The van der Waals surface area contributed by atoms with Crippen LogP contribution >= 0.6 is 0 Å². The Morgan fingerprint density at radius 3 is 2.55 bits per heavy atom. The third kappa shape index (κ3) is 1.54. The molecule has 0 aliphatic carbocycles. The first-order chi connectivity index (χ1) is 5.08. The molecule has 1 unspecified atom stereocenters. The largest absolute Gasteiger partial charge is 0.294 e. The monoisotopic (exact) mass is 152 g/mol. The molecule has 0 radical (unpaired) electrons. The topological polar surface area (TPSA) is 27.0 Å². The Bertz CT molecular complexity index is 178. The van der Waals surface area contributed by atoms with Gasteiger partial charge in [0.05, 0.1) is 12.5 Å². The van der Waals surface area contributed by atoms with E-state index in [-0.39, 0.29) is 0 Å². The number of likely N-dealkylation sites (tertiary alicyclic amines) is 1. The van der Waals surface area contributed by atoms with Gasteiger partial charge in [-0.1, -0.05) is 0 Å². The van der Waals surface area contributed by atoms with E-state index in [2.05, 4.69) is 31.7 Å². The Morgan fingerprint density at radius 2 is 2.27 bits per heavy atom. The van der Waals surface area contributed by atoms with Crippen LogP contribution in [0.3, 0.4) is 0 Å². The van der Waals surface area contributed by atoms with Crippen LogP contribution < -0.4 is 0 Å². The van der Waals surface area contributed by atoms with E-state index >= 15 is 0 Å². The number of hydrogen-bond acceptors (Lipinski definition) is 2. The molecule has 2 nitrogen and oxygen atoms in total. The second kappa shape index (κ2) is 2.83. The second-order valence-corrected chi connectivity index (χ2v) is 3.97. The Kier molecular flexibility index (Phi) is 2.20. The van der Waals surface area contributed by atoms with Crippen LogP contribution in [0.4, 0.5) is 0 Å². The maximum Gasteiger partial charge on any atom is 0.0638 e. The van der Waals surface area contributed by atoms with Crippen LogP contribution in [0.5, 0.6) is 0 Å². The molecule has 0 aromatic rings. The molecule has 1 rings (SSSR count). The highest BCUT2D eigenvalue weighted by atomic mass is 15.3. The highest BCUT2D eigenvalue weighted by molar-refractivity contribution is 4.96. The van der Waals surface area contributed by atoms with Crippen molar-refractivity contribution < 1.29 is 0 Å². The van der Waals surface area contributed by atoms with Crippen LogP contribution in [-0.2, 0) is 0 Å². The van der Waals surface area contributed by atoms with Gasteiger partial charge in [-0.15, -0.1) is 0 Å². The van der Waals surface area contributed by atoms with E-state index < -0.39 is 0 Å². The summed E-state index contributed by atoms with van der Waals surface area (Å²) >= 11 is 0. The first-order valence-corrected chi connectivity index (χ1v) is 4.21. The zero-order chi connectivity index (χ0) is 8.48. The van der Waals surface area contributed by atoms with Crippen LogP contribution in [0.1, 0.15) is 33.6 Å². The first kappa shape index (κ1) is 8.55. The van der Waals surface area contributed by atoms with E-state index in [0.717, 1.165) is 6.54 Å². The number of rotatable bonds is 2. The van der Waals surface area contributed by atoms with Crippen molar-refractivity contribution in [1.82, 2.24) is 4.90 Å². The lowest BCUT2D eigenvalue weighted by atomic mass is 9.86. The summed E-state index contributed by atoms with van der Waals surface area (Å²) < 4.78 is 0. The zero-order valence-electron chi connectivity index (χ0n) is 7.59. The molecular formula is C9H16N2. The van der Waals surface area contributed by atoms with Crippen molar-refractivity contribution >= 4 is 0 Å². The van der Waals surface area contributed by atoms with Crippen molar-refractivity contribution in [3.05, 3.63) is 0 Å². The number of hydrogen-bond donors (Lipinski definition) is 0. The quantitative estimate of drug-likeness (QED) is 0.603. The lowest BCUT2D eigenvalue weighted by molar-refractivity contribution is -0.0167. The van der Waals surface area contributed by atoms with Gasteiger partial charge in [-0.05, 0) is 27.2 Å². The fourth-order valence-corrected chi connectivity index (χ4v) is 1.75. The van der Waals surface area contributed by atoms with Crippen LogP contribution in [0.2, 0.25) is 0 Å². The second-order valence-electron chi connectivity index (χ2n) is 3.97. The van der Waals surface area contributed by atoms with Crippen LogP contribution in [0.25, 0.3) is 0 Å². The Labute approximate surface area is 68.8 Å². The van der Waals surface area contributed by atoms with E-state index in [1.54, 1.807) is 0 Å². The normalized spacial score (nSPS) is 25.3. The summed E-state index contributed by atoms with van der Waals surface area (Å²) in [7, 11) is 0. The van der Waals surface area contributed by atoms with Crippen LogP contribution in [0.15, 0.2) is 0 Å². The third-order valence-corrected chi connectivity index (χ3v) is 2.66. The maximum atomic E-state index is 8.50. The van der Waals surface area contributed by atoms with Gasteiger partial charge in [0, 0.05) is 18.1 Å². The van der Waals surface area contributed by atoms with E-state index in [1.807, 2.05) is 0 Å². The van der Waals surface area contributed by atoms with Crippen molar-refractivity contribution in [3.8, 4) is 6.07 Å². The molecule has 1 aliphatic rings. The lowest BCUT2D eigenvalue weighted by Crippen LogP contribution is -2.59. The van der Waals surface area contributed by atoms with Gasteiger partial charge in [0.2, 0.25) is 0 Å². The first-order valence-electron chi connectivity index (χ1n) is 4.21. The highest BCUT2D eigenvalue weighted by Gasteiger charge is 2.38. The molecule has 1 heterocycles. The van der Waals surface area contributed by atoms with Gasteiger partial charge in [-0.2, -0.15) is 5.26 Å². The van der Waals surface area contributed by atoms with Gasteiger partial charge in [-0.3, -0.25) is 4.90 Å². The van der Waals surface area contributed by atoms with Gasteiger partial charge in [0.1, 0.15) is 0 Å². The molecule has 0 aromatic carbocycles. The summed E-state index contributed by atoms with van der Waals surface area (Å²) in [6.07, 6.45) is 1.92. The average Bonchev–Trinajstić information content (AvgIpc) is 1.86. The third-order valence-electron chi connectivity index (χ3n) is 2.66. The molecule has 1 aliphatic heterocycles. The Hall–Kier alpha value is -0.550. The fourth-order valence-electron chi connectivity index (χ4n) is 1.75. The van der Waals surface area contributed by atoms with Gasteiger partial charge < -0.3 is 0 Å². The van der Waals surface area contributed by atoms with Crippen molar-refractivity contribution in [2.45, 2.75) is 45.2 Å². The van der Waals surface area contributed by atoms with Gasteiger partial charge in [0.15, 0.2) is 0 Å². The summed E-state index contributed by atoms with van der Waals surface area (Å²) in [5, 5.41) is 8.50. The molecule has 0 bridgehead atoms. The minimum Gasteiger partial charge on any atom is -0.294 e. The van der Waals surface area contributed by atoms with E-state index in [0.29, 0.717) is 18.0 Å². The molecule has 0 aromatic heterocycles. The molecule has 1 saturated heterocycles. The van der Waals surface area contributed by atoms with Gasteiger partial charge in [-0.25, -0.2) is 0 Å². The minimum atomic E-state index is 0.344. The maximum absolute atomic E-state index is 8.50. The minimum absolute atomic E-state index is 0.344. The predicted octanol–water partition coefficient (Wildman–Crippen LogP) is 1.77. The molecule has 0 N–H and O–H groups in total. The summed E-state index contributed by atoms with van der Waals surface area (Å²) in [6, 6.07) is 2.65. The molecule has 0 spiro atoms. The van der Waals surface area contributed by atoms with Crippen LogP contribution in [0, 0.1) is 11.3 Å². The molecule has 2 heteroatoms. The molecule has 1 atom stereocenters. The van der Waals surface area contributed by atoms with Gasteiger partial charge in [0.25, 0.3) is 0 Å². The lowest BCUT2D eigenvalue weighted by Gasteiger charge is -2.51. The van der Waals surface area contributed by atoms with Crippen molar-refractivity contribution in [2.75, 3.05) is 6.54 Å². The van der Waals surface area contributed by atoms with E-state index in [4.69, 9.17) is 5.26 Å². The fraction of sp³-hybridized carbons (Fsp3) is 0.889. The SMILES string of the molecule is CC(CC#N)N1CCC1(C)C. The number of nitrogens with zero attached hydrogens (tertiary/aromatic N) is 2. The summed E-state index contributed by atoms with van der Waals surface area (Å²) in [5.74, 6) is 0. The van der Waals surface area contributed by atoms with Crippen molar-refractivity contribution in [2.24, 2.45) is 0 Å². The molecule has 11 heavy (non-hydrogen) atoms. The van der Waals surface area contributed by atoms with E-state index in [1.165, 1.54) is 6.42 Å². The Balaban J connectivity index is 2.44. The summed E-state index contributed by atoms with van der Waals surface area (Å²) in [4.78, 5) is 2.40. The van der Waals surface area contributed by atoms with Crippen LogP contribution in [-0.4, -0.2) is 23.0 Å². The highest BCUT2D eigenvalue weighted by Crippen LogP contribution is 2.32. The Morgan fingerprint density at radius 1 is 1.64 bits per heavy atom. The molecule has 0 saturated carbocycles. The van der Waals surface area contributed by atoms with Crippen molar-refractivity contribution in [1.29, 1.82) is 5.26 Å². The standard InChI is InChI=1S/C9H16N2/c1-8(4-6-10)11-7-5-9(11,2)3/h8H,4-5,7H2,1-3H3. The van der Waals surface area contributed by atoms with E-state index in [9.17, 15) is 0 Å². The molecule has 1 fully saturated rings. The molecular weight excluding hydrogens is 136 g/mol. The summed E-state index contributed by atoms with van der Waals surface area (Å²) in [6.45, 7) is 7.77. The van der Waals surface area contributed by atoms with Gasteiger partial charge >= 0.3 is 0 Å².